The Hall–Kier alpha value is -2.42. The fraction of sp³-hybridized carbons (Fsp3) is 0.450. The van der Waals surface area contributed by atoms with E-state index in [-0.39, 0.29) is 42.3 Å². The molecule has 1 aliphatic rings. The summed E-state index contributed by atoms with van der Waals surface area (Å²) in [5.74, 6) is -2.91. The third-order valence-electron chi connectivity index (χ3n) is 4.83. The molecule has 1 amide bonds. The molecule has 156 valence electrons. The number of hydrogen-bond acceptors (Lipinski definition) is 5. The Morgan fingerprint density at radius 3 is 2.66 bits per heavy atom. The number of alkyl halides is 2. The Morgan fingerprint density at radius 1 is 1.21 bits per heavy atom. The zero-order chi connectivity index (χ0) is 21.2. The Kier molecular flexibility index (Phi) is 6.26. The molecule has 2 aromatic rings. The van der Waals surface area contributed by atoms with Crippen molar-refractivity contribution < 1.29 is 17.8 Å². The van der Waals surface area contributed by atoms with Crippen LogP contribution in [-0.4, -0.2) is 45.4 Å². The van der Waals surface area contributed by atoms with Crippen LogP contribution in [0.4, 0.5) is 20.3 Å². The van der Waals surface area contributed by atoms with Crippen molar-refractivity contribution >= 4 is 28.2 Å². The van der Waals surface area contributed by atoms with Gasteiger partial charge < -0.3 is 10.2 Å². The molecule has 0 radical (unpaired) electrons. The average molecular weight is 423 g/mol. The number of rotatable bonds is 4. The van der Waals surface area contributed by atoms with E-state index in [9.17, 15) is 17.8 Å². The van der Waals surface area contributed by atoms with Crippen LogP contribution in [0.5, 0.6) is 0 Å². The number of amides is 1. The maximum absolute atomic E-state index is 13.8. The Bertz CT molecular complexity index is 952. The zero-order valence-corrected chi connectivity index (χ0v) is 17.5. The van der Waals surface area contributed by atoms with E-state index >= 15 is 0 Å². The van der Waals surface area contributed by atoms with E-state index in [1.165, 1.54) is 6.26 Å². The largest absolute Gasteiger partial charge is 0.356 e. The zero-order valence-electron chi connectivity index (χ0n) is 16.7. The summed E-state index contributed by atoms with van der Waals surface area (Å²) in [5.41, 5.74) is 2.18. The maximum Gasteiger partial charge on any atom is 0.261 e. The van der Waals surface area contributed by atoms with E-state index in [0.717, 1.165) is 5.56 Å². The van der Waals surface area contributed by atoms with Crippen molar-refractivity contribution in [1.82, 2.24) is 9.97 Å². The molecule has 1 atom stereocenters. The highest BCUT2D eigenvalue weighted by molar-refractivity contribution is 7.84. The van der Waals surface area contributed by atoms with Crippen LogP contribution in [0.2, 0.25) is 0 Å². The number of anilines is 2. The van der Waals surface area contributed by atoms with E-state index in [0.29, 0.717) is 17.9 Å². The van der Waals surface area contributed by atoms with Gasteiger partial charge in [-0.05, 0) is 38.0 Å². The monoisotopic (exact) mass is 422 g/mol. The smallest absolute Gasteiger partial charge is 0.261 e. The van der Waals surface area contributed by atoms with Gasteiger partial charge in [0.05, 0.1) is 16.5 Å². The molecule has 0 aliphatic carbocycles. The normalized spacial score (nSPS) is 17.5. The van der Waals surface area contributed by atoms with Crippen molar-refractivity contribution in [3.05, 3.63) is 41.1 Å². The Balaban J connectivity index is 2.01. The first-order valence-electron chi connectivity index (χ1n) is 9.39. The van der Waals surface area contributed by atoms with Crippen molar-refractivity contribution in [2.75, 3.05) is 29.6 Å². The molecule has 3 rings (SSSR count). The number of benzene rings is 1. The summed E-state index contributed by atoms with van der Waals surface area (Å²) in [6.45, 7) is 3.95. The molecule has 1 aliphatic heterocycles. The first-order valence-corrected chi connectivity index (χ1v) is 10.9. The van der Waals surface area contributed by atoms with Crippen molar-refractivity contribution in [3.8, 4) is 0 Å². The molecule has 0 bridgehead atoms. The van der Waals surface area contributed by atoms with Crippen LogP contribution in [0.1, 0.15) is 40.9 Å². The minimum absolute atomic E-state index is 0.0595. The fourth-order valence-corrected chi connectivity index (χ4v) is 3.83. The van der Waals surface area contributed by atoms with Gasteiger partial charge in [-0.15, -0.1) is 0 Å². The summed E-state index contributed by atoms with van der Waals surface area (Å²) < 4.78 is 39.6. The van der Waals surface area contributed by atoms with E-state index in [1.54, 1.807) is 17.9 Å². The number of aromatic nitrogens is 2. The molecular weight excluding hydrogens is 398 g/mol. The quantitative estimate of drug-likeness (QED) is 0.761. The van der Waals surface area contributed by atoms with Crippen LogP contribution in [0.25, 0.3) is 0 Å². The number of nitrogens with zero attached hydrogens (tertiary/aromatic N) is 3. The van der Waals surface area contributed by atoms with Gasteiger partial charge in [-0.1, -0.05) is 12.1 Å². The van der Waals surface area contributed by atoms with Gasteiger partial charge in [-0.2, -0.15) is 0 Å². The summed E-state index contributed by atoms with van der Waals surface area (Å²) in [6.07, 6.45) is 1.20. The van der Waals surface area contributed by atoms with Gasteiger partial charge in [-0.25, -0.2) is 18.7 Å². The number of carbonyl (C=O) groups excluding carboxylic acids is 1. The highest BCUT2D eigenvalue weighted by atomic mass is 32.2. The number of halogens is 2. The SMILES string of the molecule is Cc1cccc(NC(=O)c2c(C)nc(S(C)=O)nc2N2CCCC(F)(F)CC2)c1. The molecular formula is C20H24F2N4O2S. The van der Waals surface area contributed by atoms with Crippen LogP contribution in [0.15, 0.2) is 29.4 Å². The molecule has 0 spiro atoms. The number of nitrogens with one attached hydrogen (secondary N) is 1. The average Bonchev–Trinajstić information content (AvgIpc) is 2.81. The van der Waals surface area contributed by atoms with Crippen LogP contribution < -0.4 is 10.2 Å². The minimum Gasteiger partial charge on any atom is -0.356 e. The highest BCUT2D eigenvalue weighted by Crippen LogP contribution is 2.31. The standard InChI is InChI=1S/C20H24F2N4O2S/c1-13-6-4-7-15(12-13)24-18(27)16-14(2)23-19(29(3)28)25-17(16)26-10-5-8-20(21,22)9-11-26/h4,6-7,12H,5,8-11H2,1-3H3,(H,24,27). The third-order valence-corrected chi connectivity index (χ3v) is 5.52. The fourth-order valence-electron chi connectivity index (χ4n) is 3.35. The van der Waals surface area contributed by atoms with Crippen LogP contribution in [0.3, 0.4) is 0 Å². The maximum atomic E-state index is 13.8. The molecule has 1 fully saturated rings. The van der Waals surface area contributed by atoms with Gasteiger partial charge in [0.1, 0.15) is 11.4 Å². The van der Waals surface area contributed by atoms with E-state index in [4.69, 9.17) is 0 Å². The Morgan fingerprint density at radius 2 is 1.97 bits per heavy atom. The highest BCUT2D eigenvalue weighted by Gasteiger charge is 2.34. The lowest BCUT2D eigenvalue weighted by Crippen LogP contribution is -2.30. The molecule has 29 heavy (non-hydrogen) atoms. The topological polar surface area (TPSA) is 75.2 Å². The summed E-state index contributed by atoms with van der Waals surface area (Å²) in [6, 6.07) is 7.34. The van der Waals surface area contributed by atoms with E-state index < -0.39 is 22.6 Å². The lowest BCUT2D eigenvalue weighted by molar-refractivity contribution is -0.0102. The van der Waals surface area contributed by atoms with Gasteiger partial charge in [0, 0.05) is 37.9 Å². The van der Waals surface area contributed by atoms with Crippen molar-refractivity contribution in [2.45, 2.75) is 44.2 Å². The number of hydrogen-bond donors (Lipinski definition) is 1. The molecule has 6 nitrogen and oxygen atoms in total. The van der Waals surface area contributed by atoms with Gasteiger partial charge >= 0.3 is 0 Å². The first-order chi connectivity index (χ1) is 13.7. The van der Waals surface area contributed by atoms with Crippen molar-refractivity contribution in [3.63, 3.8) is 0 Å². The van der Waals surface area contributed by atoms with Gasteiger partial charge in [0.2, 0.25) is 11.1 Å². The second kappa shape index (κ2) is 8.52. The molecule has 1 unspecified atom stereocenters. The predicted octanol–water partition coefficient (Wildman–Crippen LogP) is 3.71. The van der Waals surface area contributed by atoms with E-state index in [2.05, 4.69) is 15.3 Å². The minimum atomic E-state index is -2.74. The second-order valence-electron chi connectivity index (χ2n) is 7.26. The lowest BCUT2D eigenvalue weighted by atomic mass is 10.1. The van der Waals surface area contributed by atoms with Crippen LogP contribution in [0, 0.1) is 13.8 Å². The van der Waals surface area contributed by atoms with Gasteiger partial charge in [0.15, 0.2) is 0 Å². The summed E-state index contributed by atoms with van der Waals surface area (Å²) in [5, 5.41) is 2.91. The van der Waals surface area contributed by atoms with Gasteiger partial charge in [-0.3, -0.25) is 9.00 Å². The third kappa shape index (κ3) is 5.14. The molecule has 1 aromatic carbocycles. The summed E-state index contributed by atoms with van der Waals surface area (Å²) in [4.78, 5) is 23.3. The predicted molar refractivity (Wildman–Crippen MR) is 109 cm³/mol. The lowest BCUT2D eigenvalue weighted by Gasteiger charge is -2.25. The van der Waals surface area contributed by atoms with Crippen molar-refractivity contribution in [2.24, 2.45) is 0 Å². The molecule has 1 saturated heterocycles. The van der Waals surface area contributed by atoms with Crippen LogP contribution in [-0.2, 0) is 10.8 Å². The molecule has 2 heterocycles. The molecule has 9 heteroatoms. The Labute approximate surface area is 171 Å². The second-order valence-corrected chi connectivity index (χ2v) is 8.54. The molecule has 1 aromatic heterocycles. The van der Waals surface area contributed by atoms with Gasteiger partial charge in [0.25, 0.3) is 5.91 Å². The first kappa shape index (κ1) is 21.3. The van der Waals surface area contributed by atoms with E-state index in [1.807, 2.05) is 25.1 Å². The summed E-state index contributed by atoms with van der Waals surface area (Å²) >= 11 is 0. The molecule has 0 saturated carbocycles. The number of aryl methyl sites for hydroxylation is 2. The van der Waals surface area contributed by atoms with Crippen molar-refractivity contribution in [1.29, 1.82) is 0 Å². The summed E-state index contributed by atoms with van der Waals surface area (Å²) in [7, 11) is -1.46. The number of carbonyl (C=O) groups is 1. The molecule has 1 N–H and O–H groups in total. The van der Waals surface area contributed by atoms with Crippen LogP contribution >= 0.6 is 0 Å².